The molecule has 5 rings (SSSR count). The standard InChI is InChI=1S/C34H40N6O4Si/c1-34(2,3)44-33(43)40(30-15-22(19-35)11-13-36-30)31-18-26(23-7-8-23)16-28(38-31)24-9-10-27-29(17-24)39(21-37-27)20-25(32(41)42)12-14-45(4,5)6/h9-11,13,15-18,21,23,25H,7-8,12,14,20H2,1-6H3,(H,41,42). The fraction of sp³-hybridized carbons (Fsp3) is 0.412. The number of carboxylic acid groups (broad SMARTS) is 1. The van der Waals surface area contributed by atoms with Crippen molar-refractivity contribution >= 4 is 42.8 Å². The molecule has 1 saturated carbocycles. The molecule has 1 amide bonds. The minimum absolute atomic E-state index is 0.237. The maximum absolute atomic E-state index is 13.6. The molecule has 0 aliphatic heterocycles. The van der Waals surface area contributed by atoms with Crippen LogP contribution in [0.15, 0.2) is 55.0 Å². The van der Waals surface area contributed by atoms with Gasteiger partial charge in [0.25, 0.3) is 0 Å². The third kappa shape index (κ3) is 7.94. The van der Waals surface area contributed by atoms with Gasteiger partial charge in [-0.15, -0.1) is 0 Å². The molecule has 1 N–H and O–H groups in total. The van der Waals surface area contributed by atoms with Crippen LogP contribution in [0.2, 0.25) is 25.7 Å². The first-order valence-corrected chi connectivity index (χ1v) is 19.0. The molecule has 11 heteroatoms. The van der Waals surface area contributed by atoms with E-state index in [2.05, 4.69) is 35.7 Å². The SMILES string of the molecule is CC(C)(C)OC(=O)N(c1cc(C#N)ccn1)c1cc(C2CC2)cc(-c2ccc3ncn(CC(CC[Si](C)(C)C)C(=O)O)c3c2)n1. The highest BCUT2D eigenvalue weighted by Gasteiger charge is 2.31. The molecule has 3 heterocycles. The van der Waals surface area contributed by atoms with Crippen molar-refractivity contribution in [2.45, 2.75) is 83.8 Å². The Hall–Kier alpha value is -4.56. The second kappa shape index (κ2) is 12.4. The average Bonchev–Trinajstić information content (AvgIpc) is 3.74. The Balaban J connectivity index is 1.57. The molecular formula is C34H40N6O4Si. The van der Waals surface area contributed by atoms with E-state index in [4.69, 9.17) is 9.72 Å². The molecule has 234 valence electrons. The van der Waals surface area contributed by atoms with Gasteiger partial charge in [0.15, 0.2) is 0 Å². The zero-order valence-corrected chi connectivity index (χ0v) is 27.7. The van der Waals surface area contributed by atoms with Gasteiger partial charge in [-0.05, 0) is 87.9 Å². The van der Waals surface area contributed by atoms with Gasteiger partial charge in [-0.2, -0.15) is 5.26 Å². The summed E-state index contributed by atoms with van der Waals surface area (Å²) >= 11 is 0. The van der Waals surface area contributed by atoms with Gasteiger partial charge in [-0.3, -0.25) is 4.79 Å². The molecule has 0 bridgehead atoms. The van der Waals surface area contributed by atoms with Gasteiger partial charge in [-0.25, -0.2) is 24.6 Å². The number of hydrogen-bond donors (Lipinski definition) is 1. The summed E-state index contributed by atoms with van der Waals surface area (Å²) in [6.45, 7) is 12.5. The zero-order valence-electron chi connectivity index (χ0n) is 26.7. The lowest BCUT2D eigenvalue weighted by molar-refractivity contribution is -0.142. The number of nitriles is 1. The molecule has 0 radical (unpaired) electrons. The van der Waals surface area contributed by atoms with Gasteiger partial charge in [0.1, 0.15) is 17.2 Å². The summed E-state index contributed by atoms with van der Waals surface area (Å²) < 4.78 is 7.69. The summed E-state index contributed by atoms with van der Waals surface area (Å²) in [6, 6.07) is 15.9. The van der Waals surface area contributed by atoms with Crippen molar-refractivity contribution in [1.29, 1.82) is 5.26 Å². The molecule has 1 aliphatic carbocycles. The van der Waals surface area contributed by atoms with Crippen LogP contribution in [-0.2, 0) is 16.1 Å². The first-order chi connectivity index (χ1) is 21.2. The second-order valence-corrected chi connectivity index (χ2v) is 19.6. The van der Waals surface area contributed by atoms with Crippen LogP contribution in [0.3, 0.4) is 0 Å². The van der Waals surface area contributed by atoms with Gasteiger partial charge in [0.05, 0.1) is 40.6 Å². The molecule has 3 aromatic heterocycles. The van der Waals surface area contributed by atoms with Crippen molar-refractivity contribution in [3.05, 3.63) is 66.1 Å². The quantitative estimate of drug-likeness (QED) is 0.177. The number of carboxylic acids is 1. The van der Waals surface area contributed by atoms with E-state index in [1.807, 2.05) is 34.9 Å². The predicted molar refractivity (Wildman–Crippen MR) is 176 cm³/mol. The lowest BCUT2D eigenvalue weighted by atomic mass is 10.0. The van der Waals surface area contributed by atoms with Crippen LogP contribution in [0.1, 0.15) is 57.1 Å². The van der Waals surface area contributed by atoms with Crippen molar-refractivity contribution in [1.82, 2.24) is 19.5 Å². The first-order valence-electron chi connectivity index (χ1n) is 15.3. The van der Waals surface area contributed by atoms with Crippen molar-refractivity contribution in [3.8, 4) is 17.3 Å². The topological polar surface area (TPSA) is 134 Å². The summed E-state index contributed by atoms with van der Waals surface area (Å²) in [5.74, 6) is -0.384. The van der Waals surface area contributed by atoms with E-state index in [-0.39, 0.29) is 5.82 Å². The lowest BCUT2D eigenvalue weighted by Gasteiger charge is -2.27. The minimum atomic E-state index is -1.40. The van der Waals surface area contributed by atoms with E-state index in [0.717, 1.165) is 41.0 Å². The maximum atomic E-state index is 13.6. The lowest BCUT2D eigenvalue weighted by Crippen LogP contribution is -2.35. The Morgan fingerprint density at radius 3 is 2.51 bits per heavy atom. The average molecular weight is 625 g/mol. The third-order valence-corrected chi connectivity index (χ3v) is 9.51. The van der Waals surface area contributed by atoms with Crippen molar-refractivity contribution < 1.29 is 19.4 Å². The Bertz CT molecular complexity index is 1780. The number of amides is 1. The number of rotatable bonds is 10. The van der Waals surface area contributed by atoms with Crippen LogP contribution in [-0.4, -0.2) is 50.4 Å². The maximum Gasteiger partial charge on any atom is 0.421 e. The molecular weight excluding hydrogens is 584 g/mol. The van der Waals surface area contributed by atoms with E-state index in [0.29, 0.717) is 36.0 Å². The van der Waals surface area contributed by atoms with Gasteiger partial charge in [0, 0.05) is 26.4 Å². The van der Waals surface area contributed by atoms with Gasteiger partial charge >= 0.3 is 12.1 Å². The monoisotopic (exact) mass is 624 g/mol. The Labute approximate surface area is 264 Å². The van der Waals surface area contributed by atoms with Gasteiger partial charge in [-0.1, -0.05) is 31.8 Å². The number of fused-ring (bicyclic) bond motifs is 1. The molecule has 0 spiro atoms. The summed E-state index contributed by atoms with van der Waals surface area (Å²) in [5.41, 5.74) is 3.68. The summed E-state index contributed by atoms with van der Waals surface area (Å²) in [4.78, 5) is 41.0. The molecule has 10 nitrogen and oxygen atoms in total. The molecule has 1 aromatic carbocycles. The van der Waals surface area contributed by atoms with Crippen LogP contribution in [0.25, 0.3) is 22.3 Å². The van der Waals surface area contributed by atoms with Crippen molar-refractivity contribution in [2.75, 3.05) is 4.90 Å². The second-order valence-electron chi connectivity index (χ2n) is 14.0. The number of benzene rings is 1. The largest absolute Gasteiger partial charge is 0.481 e. The van der Waals surface area contributed by atoms with Gasteiger partial charge < -0.3 is 14.4 Å². The number of anilines is 2. The highest BCUT2D eigenvalue weighted by Crippen LogP contribution is 2.43. The fourth-order valence-electron chi connectivity index (χ4n) is 5.17. The third-order valence-electron chi connectivity index (χ3n) is 7.72. The van der Waals surface area contributed by atoms with Crippen LogP contribution in [0, 0.1) is 17.2 Å². The van der Waals surface area contributed by atoms with E-state index >= 15 is 0 Å². The predicted octanol–water partition coefficient (Wildman–Crippen LogP) is 7.74. The van der Waals surface area contributed by atoms with E-state index in [1.54, 1.807) is 39.2 Å². The number of hydrogen-bond acceptors (Lipinski definition) is 7. The number of pyridine rings is 2. The molecule has 1 unspecified atom stereocenters. The number of nitrogens with zero attached hydrogens (tertiary/aromatic N) is 6. The number of carbonyl (C=O) groups excluding carboxylic acids is 1. The smallest absolute Gasteiger partial charge is 0.421 e. The Morgan fingerprint density at radius 2 is 1.87 bits per heavy atom. The number of aromatic nitrogens is 4. The number of ether oxygens (including phenoxy) is 1. The number of carbonyl (C=O) groups is 2. The van der Waals surface area contributed by atoms with Crippen molar-refractivity contribution in [3.63, 3.8) is 0 Å². The fourth-order valence-corrected chi connectivity index (χ4v) is 6.39. The van der Waals surface area contributed by atoms with Gasteiger partial charge in [0.2, 0.25) is 0 Å². The van der Waals surface area contributed by atoms with Crippen LogP contribution in [0.5, 0.6) is 0 Å². The van der Waals surface area contributed by atoms with Crippen molar-refractivity contribution in [2.24, 2.45) is 5.92 Å². The molecule has 45 heavy (non-hydrogen) atoms. The number of imidazole rings is 1. The van der Waals surface area contributed by atoms with Crippen LogP contribution < -0.4 is 4.90 Å². The molecule has 0 saturated heterocycles. The van der Waals surface area contributed by atoms with E-state index in [9.17, 15) is 20.0 Å². The molecule has 4 aromatic rings. The Kier molecular flexibility index (Phi) is 8.80. The van der Waals surface area contributed by atoms with Crippen LogP contribution >= 0.6 is 0 Å². The summed E-state index contributed by atoms with van der Waals surface area (Å²) in [5, 5.41) is 19.5. The van der Waals surface area contributed by atoms with Crippen LogP contribution in [0.4, 0.5) is 16.4 Å². The summed E-state index contributed by atoms with van der Waals surface area (Å²) in [7, 11) is -1.40. The minimum Gasteiger partial charge on any atom is -0.481 e. The normalized spacial score (nSPS) is 14.2. The molecule has 1 fully saturated rings. The molecule has 1 aliphatic rings. The highest BCUT2D eigenvalue weighted by atomic mass is 28.3. The zero-order chi connectivity index (χ0) is 32.5. The first kappa shape index (κ1) is 31.8. The number of aliphatic carboxylic acids is 1. The van der Waals surface area contributed by atoms with E-state index < -0.39 is 31.7 Å². The molecule has 1 atom stereocenters. The van der Waals surface area contributed by atoms with E-state index in [1.165, 1.54) is 11.1 Å². The Morgan fingerprint density at radius 1 is 1.11 bits per heavy atom. The summed E-state index contributed by atoms with van der Waals surface area (Å²) in [6.07, 6.45) is 5.24. The highest BCUT2D eigenvalue weighted by molar-refractivity contribution is 6.76.